The molecule has 0 saturated carbocycles. The average molecular weight is 678 g/mol. The Morgan fingerprint density at radius 3 is 2.60 bits per heavy atom. The van der Waals surface area contributed by atoms with E-state index in [4.69, 9.17) is 27.9 Å². The summed E-state index contributed by atoms with van der Waals surface area (Å²) in [5, 5.41) is 15.0. The zero-order chi connectivity index (χ0) is 24.9. The van der Waals surface area contributed by atoms with E-state index in [2.05, 4.69) is 62.0 Å². The zero-order valence-electron chi connectivity index (χ0n) is 18.0. The van der Waals surface area contributed by atoms with Crippen LogP contribution >= 0.6 is 61.7 Å². The van der Waals surface area contributed by atoms with E-state index in [9.17, 15) is 10.1 Å². The Bertz CT molecular complexity index is 1490. The molecule has 0 saturated heterocycles. The van der Waals surface area contributed by atoms with Crippen molar-refractivity contribution in [2.45, 2.75) is 6.61 Å². The Morgan fingerprint density at radius 2 is 1.83 bits per heavy atom. The van der Waals surface area contributed by atoms with Crippen LogP contribution in [0.3, 0.4) is 0 Å². The van der Waals surface area contributed by atoms with Gasteiger partial charge in [0.15, 0.2) is 0 Å². The van der Waals surface area contributed by atoms with Crippen LogP contribution < -0.4 is 10.1 Å². The number of fused-ring (bicyclic) bond motifs is 1. The molecule has 0 heterocycles. The highest BCUT2D eigenvalue weighted by Crippen LogP contribution is 2.34. The fraction of sp³-hybridized carbons (Fsp3) is 0.0370. The first-order chi connectivity index (χ1) is 16.9. The number of halogens is 4. The number of hydrogen-bond donors (Lipinski definition) is 1. The lowest BCUT2D eigenvalue weighted by Crippen LogP contribution is -2.13. The van der Waals surface area contributed by atoms with Gasteiger partial charge in [-0.3, -0.25) is 4.79 Å². The van der Waals surface area contributed by atoms with Gasteiger partial charge < -0.3 is 10.1 Å². The highest BCUT2D eigenvalue weighted by atomic mass is 127. The van der Waals surface area contributed by atoms with Gasteiger partial charge in [-0.1, -0.05) is 71.7 Å². The molecular weight excluding hydrogens is 662 g/mol. The minimum Gasteiger partial charge on any atom is -0.487 e. The Hall–Kier alpha value is -2.57. The van der Waals surface area contributed by atoms with Gasteiger partial charge in [0.2, 0.25) is 0 Å². The van der Waals surface area contributed by atoms with Crippen LogP contribution in [0.4, 0.5) is 5.69 Å². The summed E-state index contributed by atoms with van der Waals surface area (Å²) < 4.78 is 7.70. The number of nitrogens with zero attached hydrogens (tertiary/aromatic N) is 1. The second-order valence-electron chi connectivity index (χ2n) is 7.47. The fourth-order valence-corrected chi connectivity index (χ4v) is 5.59. The second kappa shape index (κ2) is 11.4. The molecule has 0 atom stereocenters. The summed E-state index contributed by atoms with van der Waals surface area (Å²) in [6, 6.07) is 24.8. The molecule has 0 aliphatic rings. The molecule has 8 heteroatoms. The lowest BCUT2D eigenvalue weighted by molar-refractivity contribution is -0.112. The second-order valence-corrected chi connectivity index (χ2v) is 10.3. The quantitative estimate of drug-likeness (QED) is 0.126. The van der Waals surface area contributed by atoms with E-state index < -0.39 is 5.91 Å². The molecule has 4 aromatic rings. The van der Waals surface area contributed by atoms with Crippen LogP contribution in [0.5, 0.6) is 5.75 Å². The van der Waals surface area contributed by atoms with E-state index in [1.165, 1.54) is 6.08 Å². The van der Waals surface area contributed by atoms with Gasteiger partial charge in [0.1, 0.15) is 24.0 Å². The van der Waals surface area contributed by atoms with Crippen LogP contribution in [-0.4, -0.2) is 5.91 Å². The van der Waals surface area contributed by atoms with E-state index in [0.717, 1.165) is 19.9 Å². The molecule has 174 valence electrons. The molecule has 4 rings (SSSR count). The molecule has 1 amide bonds. The van der Waals surface area contributed by atoms with Crippen molar-refractivity contribution < 1.29 is 9.53 Å². The predicted octanol–water partition coefficient (Wildman–Crippen LogP) is 8.64. The van der Waals surface area contributed by atoms with Crippen LogP contribution in [-0.2, 0) is 11.4 Å². The first-order valence-electron chi connectivity index (χ1n) is 10.3. The topological polar surface area (TPSA) is 62.1 Å². The molecule has 0 aliphatic carbocycles. The Morgan fingerprint density at radius 1 is 1.09 bits per heavy atom. The number of ether oxygens (including phenoxy) is 1. The number of anilines is 1. The maximum Gasteiger partial charge on any atom is 0.266 e. The molecule has 0 aromatic heterocycles. The van der Waals surface area contributed by atoms with Crippen LogP contribution in [0.2, 0.25) is 10.0 Å². The Balaban J connectivity index is 1.54. The molecule has 0 radical (unpaired) electrons. The fourth-order valence-electron chi connectivity index (χ4n) is 3.47. The Kier molecular flexibility index (Phi) is 8.34. The van der Waals surface area contributed by atoms with Gasteiger partial charge in [-0.25, -0.2) is 0 Å². The van der Waals surface area contributed by atoms with Gasteiger partial charge in [0, 0.05) is 0 Å². The standard InChI is InChI=1S/C27H16BrCl2IN2O2/c28-21-12-16(11-19(14-32)27(34)33-24-10-4-9-22(29)25(24)30)13-23(31)26(21)35-15-18-7-3-6-17-5-1-2-8-20(17)18/h1-13H,15H2,(H,33,34)/b19-11-. The highest BCUT2D eigenvalue weighted by molar-refractivity contribution is 14.1. The van der Waals surface area contributed by atoms with E-state index in [1.807, 2.05) is 36.4 Å². The summed E-state index contributed by atoms with van der Waals surface area (Å²) in [5.41, 5.74) is 2.01. The molecule has 0 aliphatic heterocycles. The average Bonchev–Trinajstić information content (AvgIpc) is 2.85. The molecule has 0 bridgehead atoms. The van der Waals surface area contributed by atoms with Crippen molar-refractivity contribution >= 4 is 90.2 Å². The van der Waals surface area contributed by atoms with Gasteiger partial charge in [-0.15, -0.1) is 0 Å². The van der Waals surface area contributed by atoms with Gasteiger partial charge >= 0.3 is 0 Å². The summed E-state index contributed by atoms with van der Waals surface area (Å²) in [6.45, 7) is 0.400. The largest absolute Gasteiger partial charge is 0.487 e. The number of hydrogen-bond acceptors (Lipinski definition) is 3. The molecular formula is C27H16BrCl2IN2O2. The van der Waals surface area contributed by atoms with Gasteiger partial charge in [0.05, 0.1) is 23.8 Å². The number of nitriles is 1. The van der Waals surface area contributed by atoms with Crippen molar-refractivity contribution in [3.8, 4) is 11.8 Å². The minimum atomic E-state index is -0.584. The molecule has 0 unspecified atom stereocenters. The smallest absolute Gasteiger partial charge is 0.266 e. The van der Waals surface area contributed by atoms with Crippen LogP contribution in [0.15, 0.2) is 82.8 Å². The maximum absolute atomic E-state index is 12.7. The summed E-state index contributed by atoms with van der Waals surface area (Å²) in [4.78, 5) is 12.7. The van der Waals surface area contributed by atoms with Crippen molar-refractivity contribution in [3.63, 3.8) is 0 Å². The number of benzene rings is 4. The lowest BCUT2D eigenvalue weighted by Gasteiger charge is -2.13. The van der Waals surface area contributed by atoms with Crippen molar-refractivity contribution in [2.75, 3.05) is 5.32 Å². The van der Waals surface area contributed by atoms with Crippen LogP contribution in [0.1, 0.15) is 11.1 Å². The summed E-state index contributed by atoms with van der Waals surface area (Å²) in [6.07, 6.45) is 1.51. The van der Waals surface area contributed by atoms with Crippen molar-refractivity contribution in [1.82, 2.24) is 0 Å². The molecule has 4 aromatic carbocycles. The molecule has 0 spiro atoms. The van der Waals surface area contributed by atoms with Gasteiger partial charge in [0.25, 0.3) is 5.91 Å². The lowest BCUT2D eigenvalue weighted by atomic mass is 10.1. The predicted molar refractivity (Wildman–Crippen MR) is 154 cm³/mol. The molecule has 35 heavy (non-hydrogen) atoms. The normalized spacial score (nSPS) is 11.2. The number of nitrogens with one attached hydrogen (secondary N) is 1. The molecule has 4 nitrogen and oxygen atoms in total. The molecule has 1 N–H and O–H groups in total. The minimum absolute atomic E-state index is 0.0758. The number of carbonyl (C=O) groups is 1. The summed E-state index contributed by atoms with van der Waals surface area (Å²) >= 11 is 17.9. The van der Waals surface area contributed by atoms with E-state index in [0.29, 0.717) is 33.1 Å². The van der Waals surface area contributed by atoms with Crippen molar-refractivity contribution in [1.29, 1.82) is 5.26 Å². The van der Waals surface area contributed by atoms with E-state index in [1.54, 1.807) is 24.3 Å². The maximum atomic E-state index is 12.7. The number of rotatable bonds is 6. The van der Waals surface area contributed by atoms with Crippen LogP contribution in [0.25, 0.3) is 16.8 Å². The first kappa shape index (κ1) is 25.5. The third-order valence-electron chi connectivity index (χ3n) is 5.15. The number of amides is 1. The summed E-state index contributed by atoms with van der Waals surface area (Å²) in [7, 11) is 0. The first-order valence-corrected chi connectivity index (χ1v) is 13.0. The molecule has 0 fully saturated rings. The Labute approximate surface area is 234 Å². The number of carbonyl (C=O) groups excluding carboxylic acids is 1. The SMILES string of the molecule is N#C/C(=C/c1cc(Br)c(OCc2cccc3ccccc23)c(I)c1)C(=O)Nc1cccc(Cl)c1Cl. The third-order valence-corrected chi connectivity index (χ3v) is 7.36. The summed E-state index contributed by atoms with van der Waals surface area (Å²) in [5.74, 6) is 0.100. The zero-order valence-corrected chi connectivity index (χ0v) is 23.2. The highest BCUT2D eigenvalue weighted by Gasteiger charge is 2.15. The van der Waals surface area contributed by atoms with Crippen molar-refractivity contribution in [3.05, 3.63) is 108 Å². The third kappa shape index (κ3) is 5.99. The van der Waals surface area contributed by atoms with Crippen LogP contribution in [0, 0.1) is 14.9 Å². The monoisotopic (exact) mass is 676 g/mol. The van der Waals surface area contributed by atoms with Gasteiger partial charge in [-0.05, 0) is 90.8 Å². The van der Waals surface area contributed by atoms with E-state index in [-0.39, 0.29) is 10.6 Å². The van der Waals surface area contributed by atoms with Crippen molar-refractivity contribution in [2.24, 2.45) is 0 Å². The van der Waals surface area contributed by atoms with Gasteiger partial charge in [-0.2, -0.15) is 5.26 Å². The van der Waals surface area contributed by atoms with E-state index >= 15 is 0 Å².